The Balaban J connectivity index is 2.29. The zero-order chi connectivity index (χ0) is 9.97. The summed E-state index contributed by atoms with van der Waals surface area (Å²) in [7, 11) is 0. The first-order valence-corrected chi connectivity index (χ1v) is 5.36. The van der Waals surface area contributed by atoms with Gasteiger partial charge in [-0.2, -0.15) is 0 Å². The Morgan fingerprint density at radius 3 is 3.21 bits per heavy atom. The maximum Gasteiger partial charge on any atom is 0.131 e. The van der Waals surface area contributed by atoms with E-state index in [0.717, 1.165) is 31.8 Å². The van der Waals surface area contributed by atoms with Gasteiger partial charge < -0.3 is 5.32 Å². The second-order valence-electron chi connectivity index (χ2n) is 3.94. The number of hydrogen-bond donors (Lipinski definition) is 1. The molecule has 0 aromatic carbocycles. The van der Waals surface area contributed by atoms with E-state index in [2.05, 4.69) is 29.1 Å². The van der Waals surface area contributed by atoms with Crippen LogP contribution in [0.4, 0.5) is 0 Å². The number of hydrogen-bond acceptors (Lipinski definition) is 3. The molecule has 2 rings (SSSR count). The average molecular weight is 191 g/mol. The average Bonchev–Trinajstić information content (AvgIpc) is 2.27. The Morgan fingerprint density at radius 2 is 2.43 bits per heavy atom. The molecule has 1 aromatic rings. The van der Waals surface area contributed by atoms with E-state index in [-0.39, 0.29) is 0 Å². The molecule has 0 spiro atoms. The van der Waals surface area contributed by atoms with Crippen molar-refractivity contribution in [1.82, 2.24) is 15.3 Å². The molecule has 14 heavy (non-hydrogen) atoms. The zero-order valence-corrected chi connectivity index (χ0v) is 8.88. The van der Waals surface area contributed by atoms with Crippen molar-refractivity contribution in [1.29, 1.82) is 0 Å². The summed E-state index contributed by atoms with van der Waals surface area (Å²) in [6, 6.07) is 0. The van der Waals surface area contributed by atoms with E-state index < -0.39 is 0 Å². The molecular formula is C11H17N3. The van der Waals surface area contributed by atoms with Crippen molar-refractivity contribution in [2.75, 3.05) is 6.54 Å². The Kier molecular flexibility index (Phi) is 2.77. The third kappa shape index (κ3) is 1.77. The lowest BCUT2D eigenvalue weighted by Gasteiger charge is -2.17. The molecule has 1 N–H and O–H groups in total. The van der Waals surface area contributed by atoms with E-state index in [1.807, 2.05) is 6.20 Å². The fourth-order valence-electron chi connectivity index (χ4n) is 1.67. The van der Waals surface area contributed by atoms with E-state index in [4.69, 9.17) is 0 Å². The molecule has 76 valence electrons. The lowest BCUT2D eigenvalue weighted by molar-refractivity contribution is 0.603. The van der Waals surface area contributed by atoms with Gasteiger partial charge in [0.2, 0.25) is 0 Å². The van der Waals surface area contributed by atoms with Crippen LogP contribution in [0.1, 0.15) is 43.3 Å². The highest BCUT2D eigenvalue weighted by Gasteiger charge is 2.13. The highest BCUT2D eigenvalue weighted by Crippen LogP contribution is 2.17. The first-order valence-electron chi connectivity index (χ1n) is 5.36. The molecule has 1 unspecified atom stereocenters. The van der Waals surface area contributed by atoms with Crippen LogP contribution >= 0.6 is 0 Å². The molecule has 0 fully saturated rings. The van der Waals surface area contributed by atoms with Gasteiger partial charge in [-0.05, 0) is 6.42 Å². The summed E-state index contributed by atoms with van der Waals surface area (Å²) < 4.78 is 0. The SMILES string of the molecule is CCC(C)c1ncc2c(n1)CCNC2. The maximum absolute atomic E-state index is 4.63. The summed E-state index contributed by atoms with van der Waals surface area (Å²) in [5, 5.41) is 3.32. The van der Waals surface area contributed by atoms with Crippen molar-refractivity contribution in [2.45, 2.75) is 39.2 Å². The highest BCUT2D eigenvalue weighted by atomic mass is 14.9. The second kappa shape index (κ2) is 4.05. The van der Waals surface area contributed by atoms with Gasteiger partial charge in [0.15, 0.2) is 0 Å². The van der Waals surface area contributed by atoms with Gasteiger partial charge in [-0.25, -0.2) is 9.97 Å². The lowest BCUT2D eigenvalue weighted by atomic mass is 10.1. The third-order valence-corrected chi connectivity index (χ3v) is 2.88. The predicted molar refractivity (Wildman–Crippen MR) is 56.1 cm³/mol. The van der Waals surface area contributed by atoms with Crippen LogP contribution in [-0.4, -0.2) is 16.5 Å². The Labute approximate surface area is 85.0 Å². The normalized spacial score (nSPS) is 17.6. The molecule has 2 heterocycles. The molecule has 1 aliphatic heterocycles. The minimum absolute atomic E-state index is 0.482. The highest BCUT2D eigenvalue weighted by molar-refractivity contribution is 5.20. The van der Waals surface area contributed by atoms with E-state index >= 15 is 0 Å². The Bertz CT molecular complexity index is 322. The molecule has 0 aliphatic carbocycles. The second-order valence-corrected chi connectivity index (χ2v) is 3.94. The lowest BCUT2D eigenvalue weighted by Crippen LogP contribution is -2.25. The largest absolute Gasteiger partial charge is 0.312 e. The molecule has 0 bridgehead atoms. The van der Waals surface area contributed by atoms with Gasteiger partial charge in [0.1, 0.15) is 5.82 Å². The van der Waals surface area contributed by atoms with E-state index in [0.29, 0.717) is 5.92 Å². The minimum Gasteiger partial charge on any atom is -0.312 e. The molecule has 0 saturated heterocycles. The van der Waals surface area contributed by atoms with Crippen LogP contribution in [-0.2, 0) is 13.0 Å². The fraction of sp³-hybridized carbons (Fsp3) is 0.636. The number of nitrogens with one attached hydrogen (secondary N) is 1. The van der Waals surface area contributed by atoms with E-state index in [1.54, 1.807) is 0 Å². The van der Waals surface area contributed by atoms with Crippen LogP contribution in [0.25, 0.3) is 0 Å². The maximum atomic E-state index is 4.63. The van der Waals surface area contributed by atoms with Crippen LogP contribution < -0.4 is 5.32 Å². The van der Waals surface area contributed by atoms with Gasteiger partial charge in [0.25, 0.3) is 0 Å². The van der Waals surface area contributed by atoms with Gasteiger partial charge in [-0.3, -0.25) is 0 Å². The molecule has 0 radical (unpaired) electrons. The first kappa shape index (κ1) is 9.59. The standard InChI is InChI=1S/C11H17N3/c1-3-8(2)11-13-7-9-6-12-5-4-10(9)14-11/h7-8,12H,3-6H2,1-2H3. The van der Waals surface area contributed by atoms with Gasteiger partial charge in [0.05, 0.1) is 0 Å². The van der Waals surface area contributed by atoms with Gasteiger partial charge in [-0.15, -0.1) is 0 Å². The first-order chi connectivity index (χ1) is 6.81. The van der Waals surface area contributed by atoms with Crippen molar-refractivity contribution in [3.8, 4) is 0 Å². The molecule has 0 saturated carbocycles. The van der Waals surface area contributed by atoms with Gasteiger partial charge in [0, 0.05) is 42.9 Å². The molecule has 0 amide bonds. The van der Waals surface area contributed by atoms with Crippen LogP contribution in [0.15, 0.2) is 6.20 Å². The van der Waals surface area contributed by atoms with E-state index in [1.165, 1.54) is 11.3 Å². The van der Waals surface area contributed by atoms with Crippen LogP contribution in [0, 0.1) is 0 Å². The monoisotopic (exact) mass is 191 g/mol. The summed E-state index contributed by atoms with van der Waals surface area (Å²) in [5.74, 6) is 1.49. The molecular weight excluding hydrogens is 174 g/mol. The van der Waals surface area contributed by atoms with Crippen molar-refractivity contribution < 1.29 is 0 Å². The number of aromatic nitrogens is 2. The predicted octanol–water partition coefficient (Wildman–Crippen LogP) is 1.64. The summed E-state index contributed by atoms with van der Waals surface area (Å²) >= 11 is 0. The van der Waals surface area contributed by atoms with Crippen LogP contribution in [0.5, 0.6) is 0 Å². The molecule has 3 nitrogen and oxygen atoms in total. The number of nitrogens with zero attached hydrogens (tertiary/aromatic N) is 2. The van der Waals surface area contributed by atoms with E-state index in [9.17, 15) is 0 Å². The van der Waals surface area contributed by atoms with Crippen molar-refractivity contribution in [3.05, 3.63) is 23.3 Å². The van der Waals surface area contributed by atoms with Crippen molar-refractivity contribution in [2.24, 2.45) is 0 Å². The van der Waals surface area contributed by atoms with Crippen LogP contribution in [0.2, 0.25) is 0 Å². The molecule has 3 heteroatoms. The summed E-state index contributed by atoms with van der Waals surface area (Å²) in [6.45, 7) is 6.33. The molecule has 1 aromatic heterocycles. The zero-order valence-electron chi connectivity index (χ0n) is 8.88. The molecule has 1 aliphatic rings. The molecule has 1 atom stereocenters. The van der Waals surface area contributed by atoms with Gasteiger partial charge >= 0.3 is 0 Å². The Morgan fingerprint density at radius 1 is 1.57 bits per heavy atom. The van der Waals surface area contributed by atoms with Crippen molar-refractivity contribution in [3.63, 3.8) is 0 Å². The quantitative estimate of drug-likeness (QED) is 0.772. The third-order valence-electron chi connectivity index (χ3n) is 2.88. The topological polar surface area (TPSA) is 37.8 Å². The Hall–Kier alpha value is -0.960. The van der Waals surface area contributed by atoms with Crippen molar-refractivity contribution >= 4 is 0 Å². The number of fused-ring (bicyclic) bond motifs is 1. The number of rotatable bonds is 2. The van der Waals surface area contributed by atoms with Crippen LogP contribution in [0.3, 0.4) is 0 Å². The minimum atomic E-state index is 0.482. The summed E-state index contributed by atoms with van der Waals surface area (Å²) in [5.41, 5.74) is 2.51. The van der Waals surface area contributed by atoms with Gasteiger partial charge in [-0.1, -0.05) is 13.8 Å². The fourth-order valence-corrected chi connectivity index (χ4v) is 1.67. The summed E-state index contributed by atoms with van der Waals surface area (Å²) in [6.07, 6.45) is 4.13. The smallest absolute Gasteiger partial charge is 0.131 e. The summed E-state index contributed by atoms with van der Waals surface area (Å²) in [4.78, 5) is 9.04.